The van der Waals surface area contributed by atoms with Gasteiger partial charge in [-0.3, -0.25) is 9.80 Å². The first-order valence-electron chi connectivity index (χ1n) is 11.7. The Morgan fingerprint density at radius 3 is 2.46 bits per heavy atom. The minimum atomic E-state index is -0.277. The minimum absolute atomic E-state index is 0.222. The number of rotatable bonds is 4. The van der Waals surface area contributed by atoms with Crippen molar-refractivity contribution in [3.05, 3.63) is 89.2 Å². The van der Waals surface area contributed by atoms with Crippen molar-refractivity contribution in [2.75, 3.05) is 37.0 Å². The molecule has 0 radical (unpaired) electrons. The molecule has 5 rings (SSSR count). The number of fused-ring (bicyclic) bond motifs is 2. The molecule has 0 aromatic heterocycles. The molecule has 0 bridgehead atoms. The van der Waals surface area contributed by atoms with E-state index in [2.05, 4.69) is 16.3 Å². The van der Waals surface area contributed by atoms with Crippen molar-refractivity contribution < 1.29 is 13.9 Å². The Balaban J connectivity index is 1.31. The summed E-state index contributed by atoms with van der Waals surface area (Å²) in [6.45, 7) is 3.03. The third kappa shape index (κ3) is 4.58. The highest BCUT2D eigenvalue weighted by atomic mass is 19.1. The molecule has 0 saturated carbocycles. The van der Waals surface area contributed by atoms with E-state index in [1.54, 1.807) is 48.4 Å². The predicted octanol–water partition coefficient (Wildman–Crippen LogP) is 5.29. The molecule has 0 aliphatic carbocycles. The van der Waals surface area contributed by atoms with Crippen LogP contribution in [0.3, 0.4) is 0 Å². The molecule has 1 spiro atoms. The lowest BCUT2D eigenvalue weighted by molar-refractivity contribution is 0.160. The number of methoxy groups -OCH3 is 1. The number of nitrogens with zero attached hydrogens (tertiary/aromatic N) is 3. The number of likely N-dealkylation sites (tertiary alicyclic amines) is 1. The zero-order valence-electron chi connectivity index (χ0n) is 19.6. The smallest absolute Gasteiger partial charge is 0.326 e. The summed E-state index contributed by atoms with van der Waals surface area (Å²) in [7, 11) is 1.60. The molecule has 0 unspecified atom stereocenters. The molecular weight excluding hydrogens is 443 g/mol. The van der Waals surface area contributed by atoms with Crippen molar-refractivity contribution in [1.82, 2.24) is 4.90 Å². The molecule has 1 fully saturated rings. The molecule has 35 heavy (non-hydrogen) atoms. The van der Waals surface area contributed by atoms with Gasteiger partial charge in [-0.15, -0.1) is 0 Å². The normalized spacial score (nSPS) is 16.5. The van der Waals surface area contributed by atoms with E-state index < -0.39 is 0 Å². The molecule has 1 N–H and O–H groups in total. The lowest BCUT2D eigenvalue weighted by Gasteiger charge is -2.40. The number of carbonyl (C=O) groups is 1. The summed E-state index contributed by atoms with van der Waals surface area (Å²) in [4.78, 5) is 17.4. The van der Waals surface area contributed by atoms with Crippen molar-refractivity contribution in [2.24, 2.45) is 0 Å². The third-order valence-electron chi connectivity index (χ3n) is 7.17. The first kappa shape index (κ1) is 22.9. The molecule has 3 aromatic carbocycles. The Morgan fingerprint density at radius 2 is 1.80 bits per heavy atom. The minimum Gasteiger partial charge on any atom is -0.497 e. The van der Waals surface area contributed by atoms with Gasteiger partial charge in [0, 0.05) is 29.9 Å². The molecule has 3 aromatic rings. The summed E-state index contributed by atoms with van der Waals surface area (Å²) >= 11 is 0. The summed E-state index contributed by atoms with van der Waals surface area (Å²) in [5.74, 6) is 0.442. The molecular formula is C28H27FN4O2. The van der Waals surface area contributed by atoms with Crippen LogP contribution in [0.1, 0.15) is 29.5 Å². The van der Waals surface area contributed by atoms with Gasteiger partial charge in [0.25, 0.3) is 0 Å². The first-order chi connectivity index (χ1) is 17.0. The number of urea groups is 1. The standard InChI is InChI=1S/C28H27FN4O2/c1-35-24-9-7-23(8-10-24)31-27(34)33-19-28(25-16-22(29)6-11-26(25)33)12-14-32(15-13-28)18-21-4-2-20(17-30)3-5-21/h2-11,16H,12-15,18-19H2,1H3,(H,31,34). The zero-order valence-corrected chi connectivity index (χ0v) is 19.6. The molecule has 6 nitrogen and oxygen atoms in total. The van der Waals surface area contributed by atoms with Crippen LogP contribution in [-0.2, 0) is 12.0 Å². The summed E-state index contributed by atoms with van der Waals surface area (Å²) < 4.78 is 19.5. The molecule has 178 valence electrons. The second kappa shape index (κ2) is 9.40. The fourth-order valence-electron chi connectivity index (χ4n) is 5.20. The summed E-state index contributed by atoms with van der Waals surface area (Å²) in [5, 5.41) is 12.0. The highest BCUT2D eigenvalue weighted by molar-refractivity contribution is 6.03. The number of nitriles is 1. The van der Waals surface area contributed by atoms with Crippen molar-refractivity contribution in [3.8, 4) is 11.8 Å². The summed E-state index contributed by atoms with van der Waals surface area (Å²) in [6.07, 6.45) is 1.68. The van der Waals surface area contributed by atoms with E-state index in [0.29, 0.717) is 17.8 Å². The van der Waals surface area contributed by atoms with Crippen LogP contribution in [0.5, 0.6) is 5.75 Å². The molecule has 0 atom stereocenters. The van der Waals surface area contributed by atoms with Gasteiger partial charge in [-0.25, -0.2) is 9.18 Å². The van der Waals surface area contributed by atoms with Crippen molar-refractivity contribution in [2.45, 2.75) is 24.8 Å². The second-order valence-electron chi connectivity index (χ2n) is 9.27. The van der Waals surface area contributed by atoms with E-state index in [1.807, 2.05) is 24.3 Å². The van der Waals surface area contributed by atoms with Crippen LogP contribution in [0.25, 0.3) is 0 Å². The van der Waals surface area contributed by atoms with Crippen LogP contribution in [0.2, 0.25) is 0 Å². The number of hydrogen-bond acceptors (Lipinski definition) is 4. The second-order valence-corrected chi connectivity index (χ2v) is 9.27. The van der Waals surface area contributed by atoms with Gasteiger partial charge in [-0.2, -0.15) is 5.26 Å². The lowest BCUT2D eigenvalue weighted by atomic mass is 9.74. The monoisotopic (exact) mass is 470 g/mol. The Kier molecular flexibility index (Phi) is 6.14. The van der Waals surface area contributed by atoms with Crippen molar-refractivity contribution in [3.63, 3.8) is 0 Å². The fourth-order valence-corrected chi connectivity index (χ4v) is 5.20. The van der Waals surface area contributed by atoms with Gasteiger partial charge >= 0.3 is 6.03 Å². The summed E-state index contributed by atoms with van der Waals surface area (Å²) in [6, 6.07) is 21.6. The fraction of sp³-hybridized carbons (Fsp3) is 0.286. The van der Waals surface area contributed by atoms with Crippen molar-refractivity contribution in [1.29, 1.82) is 5.26 Å². The number of hydrogen-bond donors (Lipinski definition) is 1. The number of halogens is 1. The Bertz CT molecular complexity index is 1260. The summed E-state index contributed by atoms with van der Waals surface area (Å²) in [5.41, 5.74) is 3.92. The number of ether oxygens (including phenoxy) is 1. The maximum absolute atomic E-state index is 14.3. The third-order valence-corrected chi connectivity index (χ3v) is 7.17. The molecule has 2 heterocycles. The number of amides is 2. The SMILES string of the molecule is COc1ccc(NC(=O)N2CC3(CCN(Cc4ccc(C#N)cc4)CC3)c3cc(F)ccc32)cc1. The molecule has 2 aliphatic heterocycles. The van der Waals surface area contributed by atoms with Crippen LogP contribution in [-0.4, -0.2) is 37.7 Å². The van der Waals surface area contributed by atoms with Gasteiger partial charge in [-0.1, -0.05) is 12.1 Å². The number of benzene rings is 3. The van der Waals surface area contributed by atoms with Crippen LogP contribution in [0.15, 0.2) is 66.7 Å². The van der Waals surface area contributed by atoms with Crippen LogP contribution < -0.4 is 15.0 Å². The number of anilines is 2. The van der Waals surface area contributed by atoms with Gasteiger partial charge < -0.3 is 10.1 Å². The number of piperidine rings is 1. The maximum atomic E-state index is 14.3. The number of nitrogens with one attached hydrogen (secondary N) is 1. The van der Waals surface area contributed by atoms with E-state index in [-0.39, 0.29) is 17.3 Å². The maximum Gasteiger partial charge on any atom is 0.326 e. The lowest BCUT2D eigenvalue weighted by Crippen LogP contribution is -2.46. The van der Waals surface area contributed by atoms with Gasteiger partial charge in [-0.05, 0) is 91.7 Å². The van der Waals surface area contributed by atoms with Crippen LogP contribution >= 0.6 is 0 Å². The van der Waals surface area contributed by atoms with Crippen LogP contribution in [0.4, 0.5) is 20.6 Å². The van der Waals surface area contributed by atoms with Crippen LogP contribution in [0, 0.1) is 17.1 Å². The average Bonchev–Trinajstić information content (AvgIpc) is 3.19. The first-order valence-corrected chi connectivity index (χ1v) is 11.7. The molecule has 1 saturated heterocycles. The van der Waals surface area contributed by atoms with Gasteiger partial charge in [0.05, 0.1) is 18.7 Å². The van der Waals surface area contributed by atoms with E-state index in [1.165, 1.54) is 11.6 Å². The average molecular weight is 471 g/mol. The van der Waals surface area contributed by atoms with Gasteiger partial charge in [0.2, 0.25) is 0 Å². The van der Waals surface area contributed by atoms with E-state index >= 15 is 0 Å². The Hall–Kier alpha value is -3.89. The van der Waals surface area contributed by atoms with Gasteiger partial charge in [0.15, 0.2) is 0 Å². The van der Waals surface area contributed by atoms with Gasteiger partial charge in [0.1, 0.15) is 11.6 Å². The Labute approximate surface area is 204 Å². The largest absolute Gasteiger partial charge is 0.497 e. The highest BCUT2D eigenvalue weighted by Crippen LogP contribution is 2.47. The predicted molar refractivity (Wildman–Crippen MR) is 133 cm³/mol. The van der Waals surface area contributed by atoms with E-state index in [4.69, 9.17) is 10.00 Å². The highest BCUT2D eigenvalue weighted by Gasteiger charge is 2.46. The molecule has 2 amide bonds. The van der Waals surface area contributed by atoms with E-state index in [0.717, 1.165) is 49.5 Å². The topological polar surface area (TPSA) is 68.6 Å². The van der Waals surface area contributed by atoms with E-state index in [9.17, 15) is 9.18 Å². The number of carbonyl (C=O) groups excluding carboxylic acids is 1. The quantitative estimate of drug-likeness (QED) is 0.563. The zero-order chi connectivity index (χ0) is 24.4. The van der Waals surface area contributed by atoms with Crippen molar-refractivity contribution >= 4 is 17.4 Å². The molecule has 7 heteroatoms. The Morgan fingerprint density at radius 1 is 1.09 bits per heavy atom. The molecule has 2 aliphatic rings.